The molecule has 0 unspecified atom stereocenters. The van der Waals surface area contributed by atoms with Crippen LogP contribution >= 0.6 is 0 Å². The van der Waals surface area contributed by atoms with E-state index in [1.165, 1.54) is 6.42 Å². The normalized spacial score (nSPS) is 10.5. The average molecular weight is 154 g/mol. The molecule has 0 saturated heterocycles. The fraction of sp³-hybridized carbons (Fsp3) is 0.889. The Morgan fingerprint density at radius 3 is 2.45 bits per heavy atom. The van der Waals surface area contributed by atoms with Crippen LogP contribution in [0, 0.1) is 17.2 Å². The summed E-state index contributed by atoms with van der Waals surface area (Å²) >= 11 is 0. The highest BCUT2D eigenvalue weighted by molar-refractivity contribution is 4.70. The number of nitrogens with zero attached hydrogens (tertiary/aromatic N) is 2. The predicted molar refractivity (Wildman–Crippen MR) is 47.2 cm³/mol. The third-order valence-electron chi connectivity index (χ3n) is 1.69. The fourth-order valence-electron chi connectivity index (χ4n) is 0.831. The lowest BCUT2D eigenvalue weighted by Gasteiger charge is -2.15. The maximum atomic E-state index is 8.32. The van der Waals surface area contributed by atoms with Gasteiger partial charge < -0.3 is 4.90 Å². The average Bonchev–Trinajstić information content (AvgIpc) is 1.97. The zero-order chi connectivity index (χ0) is 8.69. The van der Waals surface area contributed by atoms with Crippen molar-refractivity contribution in [2.24, 2.45) is 5.92 Å². The van der Waals surface area contributed by atoms with Gasteiger partial charge in [0.2, 0.25) is 0 Å². The predicted octanol–water partition coefficient (Wildman–Crippen LogP) is 1.88. The maximum absolute atomic E-state index is 8.32. The zero-order valence-electron chi connectivity index (χ0n) is 7.80. The Balaban J connectivity index is 3.23. The van der Waals surface area contributed by atoms with Crippen molar-refractivity contribution >= 4 is 0 Å². The molecule has 64 valence electrons. The first-order valence-corrected chi connectivity index (χ1v) is 4.22. The minimum absolute atomic E-state index is 0.647. The van der Waals surface area contributed by atoms with Crippen molar-refractivity contribution in [2.75, 3.05) is 20.1 Å². The first-order valence-electron chi connectivity index (χ1n) is 4.22. The van der Waals surface area contributed by atoms with Gasteiger partial charge in [0, 0.05) is 13.0 Å². The maximum Gasteiger partial charge on any atom is 0.0635 e. The number of nitriles is 1. The topological polar surface area (TPSA) is 27.0 Å². The van der Waals surface area contributed by atoms with Crippen molar-refractivity contribution in [1.29, 1.82) is 5.26 Å². The van der Waals surface area contributed by atoms with Gasteiger partial charge >= 0.3 is 0 Å². The fourth-order valence-corrected chi connectivity index (χ4v) is 0.831. The molecule has 0 atom stereocenters. The molecule has 0 saturated carbocycles. The van der Waals surface area contributed by atoms with Gasteiger partial charge in [0.05, 0.1) is 6.07 Å². The van der Waals surface area contributed by atoms with Crippen molar-refractivity contribution in [2.45, 2.75) is 26.7 Å². The molecule has 0 aliphatic rings. The lowest BCUT2D eigenvalue weighted by atomic mass is 10.1. The summed E-state index contributed by atoms with van der Waals surface area (Å²) in [6.45, 7) is 6.46. The Hall–Kier alpha value is -0.550. The van der Waals surface area contributed by atoms with Gasteiger partial charge in [-0.2, -0.15) is 5.26 Å². The SMILES string of the molecule is CC(C)CCN(C)CCC#N. The molecule has 0 aliphatic carbocycles. The molecule has 0 rings (SSSR count). The van der Waals surface area contributed by atoms with E-state index in [4.69, 9.17) is 5.26 Å². The lowest BCUT2D eigenvalue weighted by molar-refractivity contribution is 0.317. The van der Waals surface area contributed by atoms with E-state index in [-0.39, 0.29) is 0 Å². The zero-order valence-corrected chi connectivity index (χ0v) is 7.80. The summed E-state index contributed by atoms with van der Waals surface area (Å²) < 4.78 is 0. The molecule has 0 aromatic heterocycles. The van der Waals surface area contributed by atoms with Crippen LogP contribution in [0.15, 0.2) is 0 Å². The molecule has 0 fully saturated rings. The standard InChI is InChI=1S/C9H18N2/c1-9(2)5-8-11(3)7-4-6-10/h9H,4-5,7-8H2,1-3H3. The van der Waals surface area contributed by atoms with E-state index < -0.39 is 0 Å². The Labute approximate surface area is 69.8 Å². The Bertz CT molecular complexity index is 124. The van der Waals surface area contributed by atoms with Gasteiger partial charge in [-0.15, -0.1) is 0 Å². The Kier molecular flexibility index (Phi) is 5.87. The van der Waals surface area contributed by atoms with Crippen LogP contribution in [0.1, 0.15) is 26.7 Å². The Morgan fingerprint density at radius 1 is 1.36 bits per heavy atom. The van der Waals surface area contributed by atoms with E-state index in [1.807, 2.05) is 0 Å². The van der Waals surface area contributed by atoms with E-state index in [0.29, 0.717) is 6.42 Å². The first kappa shape index (κ1) is 10.4. The first-order chi connectivity index (χ1) is 5.16. The summed E-state index contributed by atoms with van der Waals surface area (Å²) in [7, 11) is 2.07. The van der Waals surface area contributed by atoms with Crippen LogP contribution in [0.25, 0.3) is 0 Å². The number of hydrogen-bond acceptors (Lipinski definition) is 2. The molecule has 2 heteroatoms. The molecule has 0 amide bonds. The van der Waals surface area contributed by atoms with Gasteiger partial charge in [0.25, 0.3) is 0 Å². The van der Waals surface area contributed by atoms with E-state index >= 15 is 0 Å². The summed E-state index contributed by atoms with van der Waals surface area (Å²) in [6, 6.07) is 2.14. The molecular formula is C9H18N2. The molecule has 0 aromatic rings. The van der Waals surface area contributed by atoms with Crippen LogP contribution in [0.4, 0.5) is 0 Å². The van der Waals surface area contributed by atoms with Crippen LogP contribution in [0.5, 0.6) is 0 Å². The van der Waals surface area contributed by atoms with E-state index in [2.05, 4.69) is 31.9 Å². The second kappa shape index (κ2) is 6.18. The quantitative estimate of drug-likeness (QED) is 0.604. The third kappa shape index (κ3) is 7.35. The second-order valence-corrected chi connectivity index (χ2v) is 3.39. The highest BCUT2D eigenvalue weighted by Gasteiger charge is 1.98. The molecule has 0 bridgehead atoms. The summed E-state index contributed by atoms with van der Waals surface area (Å²) in [5, 5.41) is 8.32. The van der Waals surface area contributed by atoms with Gasteiger partial charge in [-0.3, -0.25) is 0 Å². The van der Waals surface area contributed by atoms with E-state index in [9.17, 15) is 0 Å². The van der Waals surface area contributed by atoms with Gasteiger partial charge in [0.1, 0.15) is 0 Å². The highest BCUT2D eigenvalue weighted by Crippen LogP contribution is 2.00. The molecular weight excluding hydrogens is 136 g/mol. The van der Waals surface area contributed by atoms with Crippen molar-refractivity contribution in [3.05, 3.63) is 0 Å². The van der Waals surface area contributed by atoms with Crippen molar-refractivity contribution < 1.29 is 0 Å². The Morgan fingerprint density at radius 2 is 2.00 bits per heavy atom. The number of hydrogen-bond donors (Lipinski definition) is 0. The lowest BCUT2D eigenvalue weighted by Crippen LogP contribution is -2.21. The smallest absolute Gasteiger partial charge is 0.0635 e. The highest BCUT2D eigenvalue weighted by atomic mass is 15.1. The summed E-state index contributed by atoms with van der Waals surface area (Å²) in [6.07, 6.45) is 1.87. The van der Waals surface area contributed by atoms with Crippen molar-refractivity contribution in [3.8, 4) is 6.07 Å². The minimum atomic E-state index is 0.647. The molecule has 0 spiro atoms. The van der Waals surface area contributed by atoms with Gasteiger partial charge in [-0.25, -0.2) is 0 Å². The molecule has 0 heterocycles. The van der Waals surface area contributed by atoms with Crippen LogP contribution in [0.3, 0.4) is 0 Å². The van der Waals surface area contributed by atoms with Gasteiger partial charge in [0.15, 0.2) is 0 Å². The largest absolute Gasteiger partial charge is 0.305 e. The molecule has 0 N–H and O–H groups in total. The second-order valence-electron chi connectivity index (χ2n) is 3.39. The molecule has 2 nitrogen and oxygen atoms in total. The van der Waals surface area contributed by atoms with E-state index in [1.54, 1.807) is 0 Å². The molecule has 0 aliphatic heterocycles. The van der Waals surface area contributed by atoms with Crippen LogP contribution in [0.2, 0.25) is 0 Å². The van der Waals surface area contributed by atoms with Crippen molar-refractivity contribution in [1.82, 2.24) is 4.90 Å². The third-order valence-corrected chi connectivity index (χ3v) is 1.69. The van der Waals surface area contributed by atoms with Gasteiger partial charge in [-0.05, 0) is 25.9 Å². The van der Waals surface area contributed by atoms with Gasteiger partial charge in [-0.1, -0.05) is 13.8 Å². The van der Waals surface area contributed by atoms with Crippen molar-refractivity contribution in [3.63, 3.8) is 0 Å². The molecule has 0 radical (unpaired) electrons. The van der Waals surface area contributed by atoms with E-state index in [0.717, 1.165) is 19.0 Å². The minimum Gasteiger partial charge on any atom is -0.305 e. The summed E-state index contributed by atoms with van der Waals surface area (Å²) in [4.78, 5) is 2.21. The monoisotopic (exact) mass is 154 g/mol. The molecule has 11 heavy (non-hydrogen) atoms. The number of rotatable bonds is 5. The summed E-state index contributed by atoms with van der Waals surface area (Å²) in [5.74, 6) is 0.763. The van der Waals surface area contributed by atoms with Crippen LogP contribution in [-0.4, -0.2) is 25.0 Å². The summed E-state index contributed by atoms with van der Waals surface area (Å²) in [5.41, 5.74) is 0. The van der Waals surface area contributed by atoms with Crippen LogP contribution in [-0.2, 0) is 0 Å². The van der Waals surface area contributed by atoms with Crippen LogP contribution < -0.4 is 0 Å². The molecule has 0 aromatic carbocycles.